The largest absolute Gasteiger partial charge is 0.325 e. The second kappa shape index (κ2) is 7.70. The van der Waals surface area contributed by atoms with Crippen LogP contribution in [0.4, 0.5) is 5.95 Å². The summed E-state index contributed by atoms with van der Waals surface area (Å²) >= 11 is 6.81. The van der Waals surface area contributed by atoms with E-state index in [9.17, 15) is 0 Å². The van der Waals surface area contributed by atoms with E-state index in [2.05, 4.69) is 82.7 Å². The number of hydrogen-bond donors (Lipinski definition) is 1. The molecule has 0 radical (unpaired) electrons. The molecule has 154 valence electrons. The van der Waals surface area contributed by atoms with Crippen molar-refractivity contribution in [2.75, 3.05) is 5.32 Å². The number of hydrogen-bond acceptors (Lipinski definition) is 2. The first-order chi connectivity index (χ1) is 15.8. The van der Waals surface area contributed by atoms with Crippen LogP contribution in [0.5, 0.6) is 0 Å². The lowest BCUT2D eigenvalue weighted by Gasteiger charge is -2.33. The van der Waals surface area contributed by atoms with Crippen molar-refractivity contribution in [3.05, 3.63) is 131 Å². The number of allylic oxidation sites excluding steroid dienone is 1. The van der Waals surface area contributed by atoms with E-state index in [-0.39, 0.29) is 6.04 Å². The molecule has 5 aromatic rings. The van der Waals surface area contributed by atoms with Crippen LogP contribution in [0, 0.1) is 0 Å². The molecule has 1 aliphatic rings. The Bertz CT molecular complexity index is 1450. The van der Waals surface area contributed by atoms with Crippen molar-refractivity contribution >= 4 is 39.9 Å². The van der Waals surface area contributed by atoms with Gasteiger partial charge in [0.25, 0.3) is 0 Å². The highest BCUT2D eigenvalue weighted by Gasteiger charge is 2.33. The summed E-state index contributed by atoms with van der Waals surface area (Å²) in [4.78, 5) is 4.94. The summed E-state index contributed by atoms with van der Waals surface area (Å²) in [6.07, 6.45) is 0. The van der Waals surface area contributed by atoms with Crippen molar-refractivity contribution in [3.63, 3.8) is 0 Å². The van der Waals surface area contributed by atoms with Crippen molar-refractivity contribution in [1.82, 2.24) is 9.55 Å². The highest BCUT2D eigenvalue weighted by Crippen LogP contribution is 2.47. The van der Waals surface area contributed by atoms with E-state index in [1.54, 1.807) is 0 Å². The smallest absolute Gasteiger partial charge is 0.209 e. The van der Waals surface area contributed by atoms with Gasteiger partial charge in [0, 0.05) is 10.6 Å². The molecule has 0 spiro atoms. The van der Waals surface area contributed by atoms with E-state index in [1.807, 2.05) is 36.4 Å². The Balaban J connectivity index is 1.73. The molecule has 0 saturated carbocycles. The molecule has 3 nitrogen and oxygen atoms in total. The molecule has 32 heavy (non-hydrogen) atoms. The highest BCUT2D eigenvalue weighted by atomic mass is 35.5. The number of benzene rings is 4. The fourth-order valence-corrected chi connectivity index (χ4v) is 4.82. The quantitative estimate of drug-likeness (QED) is 0.324. The van der Waals surface area contributed by atoms with Crippen molar-refractivity contribution in [2.45, 2.75) is 6.04 Å². The van der Waals surface area contributed by atoms with E-state index < -0.39 is 0 Å². The molecule has 1 aromatic heterocycles. The molecule has 1 aliphatic heterocycles. The molecule has 1 N–H and O–H groups in total. The third-order valence-electron chi connectivity index (χ3n) is 5.98. The maximum atomic E-state index is 6.81. The third-order valence-corrected chi connectivity index (χ3v) is 6.32. The molecule has 4 aromatic carbocycles. The lowest BCUT2D eigenvalue weighted by Crippen LogP contribution is -2.23. The summed E-state index contributed by atoms with van der Waals surface area (Å²) in [5, 5.41) is 4.40. The van der Waals surface area contributed by atoms with Gasteiger partial charge >= 0.3 is 0 Å². The highest BCUT2D eigenvalue weighted by molar-refractivity contribution is 6.31. The summed E-state index contributed by atoms with van der Waals surface area (Å²) in [7, 11) is 0. The number of fused-ring (bicyclic) bond motifs is 3. The van der Waals surface area contributed by atoms with Gasteiger partial charge in [-0.1, -0.05) is 103 Å². The molecule has 4 heteroatoms. The molecule has 0 saturated heterocycles. The van der Waals surface area contributed by atoms with Gasteiger partial charge < -0.3 is 5.32 Å². The van der Waals surface area contributed by atoms with Crippen LogP contribution in [0.1, 0.15) is 22.7 Å². The Hall–Kier alpha value is -3.82. The molecular formula is C28H20ClN3. The summed E-state index contributed by atoms with van der Waals surface area (Å²) in [6.45, 7) is 0. The molecule has 0 amide bonds. The zero-order valence-electron chi connectivity index (χ0n) is 17.2. The number of halogens is 1. The van der Waals surface area contributed by atoms with Gasteiger partial charge in [-0.2, -0.15) is 0 Å². The van der Waals surface area contributed by atoms with Crippen LogP contribution in [0.25, 0.3) is 22.3 Å². The topological polar surface area (TPSA) is 29.9 Å². The number of rotatable bonds is 3. The van der Waals surface area contributed by atoms with Crippen LogP contribution in [0.3, 0.4) is 0 Å². The van der Waals surface area contributed by atoms with Crippen LogP contribution in [-0.4, -0.2) is 9.55 Å². The first kappa shape index (κ1) is 18.9. The Kier molecular flexibility index (Phi) is 4.55. The average molecular weight is 434 g/mol. The van der Waals surface area contributed by atoms with Gasteiger partial charge in [-0.15, -0.1) is 0 Å². The zero-order valence-corrected chi connectivity index (χ0v) is 18.0. The third kappa shape index (κ3) is 3.02. The summed E-state index contributed by atoms with van der Waals surface area (Å²) in [5.41, 5.74) is 7.54. The monoisotopic (exact) mass is 433 g/mol. The van der Waals surface area contributed by atoms with Gasteiger partial charge in [0.15, 0.2) is 0 Å². The SMILES string of the molecule is Clc1ccccc1C1C(c2ccccc2)=C(c2ccccc2)Nc2nc3ccccc3n21. The van der Waals surface area contributed by atoms with E-state index in [0.29, 0.717) is 0 Å². The van der Waals surface area contributed by atoms with Gasteiger partial charge in [0.05, 0.1) is 22.8 Å². The first-order valence-electron chi connectivity index (χ1n) is 10.6. The second-order valence-corrected chi connectivity index (χ2v) is 8.27. The summed E-state index contributed by atoms with van der Waals surface area (Å²) < 4.78 is 2.27. The predicted octanol–water partition coefficient (Wildman–Crippen LogP) is 7.27. The fraction of sp³-hybridized carbons (Fsp3) is 0.0357. The minimum atomic E-state index is -0.134. The Morgan fingerprint density at radius 2 is 1.31 bits per heavy atom. The van der Waals surface area contributed by atoms with Crippen LogP contribution in [0.2, 0.25) is 5.02 Å². The zero-order chi connectivity index (χ0) is 21.5. The lowest BCUT2D eigenvalue weighted by atomic mass is 9.87. The Labute approximate surface area is 191 Å². The minimum Gasteiger partial charge on any atom is -0.325 e. The molecule has 0 fully saturated rings. The van der Waals surface area contributed by atoms with E-state index >= 15 is 0 Å². The van der Waals surface area contributed by atoms with Crippen molar-refractivity contribution in [3.8, 4) is 0 Å². The van der Waals surface area contributed by atoms with E-state index in [1.165, 1.54) is 5.57 Å². The maximum Gasteiger partial charge on any atom is 0.209 e. The summed E-state index contributed by atoms with van der Waals surface area (Å²) in [5.74, 6) is 0.814. The fourth-order valence-electron chi connectivity index (χ4n) is 4.58. The maximum absolute atomic E-state index is 6.81. The molecule has 1 atom stereocenters. The van der Waals surface area contributed by atoms with Crippen LogP contribution in [0.15, 0.2) is 109 Å². The van der Waals surface area contributed by atoms with Crippen molar-refractivity contribution < 1.29 is 0 Å². The molecule has 2 heterocycles. The van der Waals surface area contributed by atoms with E-state index in [0.717, 1.165) is 44.4 Å². The molecular weight excluding hydrogens is 414 g/mol. The number of nitrogens with one attached hydrogen (secondary N) is 1. The number of imidazole rings is 1. The Morgan fingerprint density at radius 3 is 2.06 bits per heavy atom. The molecule has 0 aliphatic carbocycles. The Morgan fingerprint density at radius 1 is 0.688 bits per heavy atom. The first-order valence-corrected chi connectivity index (χ1v) is 11.0. The second-order valence-electron chi connectivity index (χ2n) is 7.86. The van der Waals surface area contributed by atoms with E-state index in [4.69, 9.17) is 16.6 Å². The number of aromatic nitrogens is 2. The number of para-hydroxylation sites is 2. The van der Waals surface area contributed by atoms with Crippen LogP contribution < -0.4 is 5.32 Å². The minimum absolute atomic E-state index is 0.134. The van der Waals surface area contributed by atoms with Crippen LogP contribution >= 0.6 is 11.6 Å². The summed E-state index contributed by atoms with van der Waals surface area (Å²) in [6, 6.07) is 37.2. The molecule has 0 bridgehead atoms. The van der Waals surface area contributed by atoms with Gasteiger partial charge in [0.1, 0.15) is 0 Å². The molecule has 6 rings (SSSR count). The van der Waals surface area contributed by atoms with Gasteiger partial charge in [-0.25, -0.2) is 4.98 Å². The lowest BCUT2D eigenvalue weighted by molar-refractivity contribution is 0.738. The predicted molar refractivity (Wildman–Crippen MR) is 133 cm³/mol. The van der Waals surface area contributed by atoms with Crippen molar-refractivity contribution in [1.29, 1.82) is 0 Å². The standard InChI is InChI=1S/C28H20ClN3/c29-22-16-8-7-15-21(22)27-25(19-11-3-1-4-12-19)26(20-13-5-2-6-14-20)31-28-30-23-17-9-10-18-24(23)32(27)28/h1-18,27H,(H,30,31). The van der Waals surface area contributed by atoms with Crippen molar-refractivity contribution in [2.24, 2.45) is 0 Å². The normalized spacial score (nSPS) is 15.5. The van der Waals surface area contributed by atoms with Gasteiger partial charge in [-0.3, -0.25) is 4.57 Å². The average Bonchev–Trinajstić information content (AvgIpc) is 3.23. The van der Waals surface area contributed by atoms with Gasteiger partial charge in [0.2, 0.25) is 5.95 Å². The number of anilines is 1. The molecule has 1 unspecified atom stereocenters. The van der Waals surface area contributed by atoms with Gasteiger partial charge in [-0.05, 0) is 34.9 Å². The van der Waals surface area contributed by atoms with Crippen LogP contribution in [-0.2, 0) is 0 Å². The number of nitrogens with zero attached hydrogens (tertiary/aromatic N) is 2.